The van der Waals surface area contributed by atoms with Gasteiger partial charge >= 0.3 is 5.97 Å². The fraction of sp³-hybridized carbons (Fsp3) is 0.800. The lowest BCUT2D eigenvalue weighted by Crippen LogP contribution is -2.25. The average molecular weight is 184 g/mol. The van der Waals surface area contributed by atoms with Gasteiger partial charge in [0.25, 0.3) is 0 Å². The SMILES string of the molecule is CCOC(=O)C(C)C(=O)C1CC1C. The first-order valence-electron chi connectivity index (χ1n) is 4.78. The van der Waals surface area contributed by atoms with E-state index in [1.807, 2.05) is 6.92 Å². The predicted octanol–water partition coefficient (Wildman–Crippen LogP) is 1.41. The van der Waals surface area contributed by atoms with Crippen molar-refractivity contribution in [3.05, 3.63) is 0 Å². The third kappa shape index (κ3) is 2.29. The van der Waals surface area contributed by atoms with Gasteiger partial charge in [0.05, 0.1) is 6.61 Å². The first kappa shape index (κ1) is 10.2. The molecular weight excluding hydrogens is 168 g/mol. The first-order chi connectivity index (χ1) is 6.07. The van der Waals surface area contributed by atoms with E-state index in [1.54, 1.807) is 13.8 Å². The van der Waals surface area contributed by atoms with Gasteiger partial charge < -0.3 is 4.74 Å². The second-order valence-electron chi connectivity index (χ2n) is 3.70. The zero-order valence-corrected chi connectivity index (χ0v) is 8.37. The quantitative estimate of drug-likeness (QED) is 0.490. The van der Waals surface area contributed by atoms with Gasteiger partial charge in [-0.1, -0.05) is 6.92 Å². The fourth-order valence-electron chi connectivity index (χ4n) is 1.42. The van der Waals surface area contributed by atoms with Crippen LogP contribution in [0.4, 0.5) is 0 Å². The van der Waals surface area contributed by atoms with Crippen molar-refractivity contribution in [2.24, 2.45) is 17.8 Å². The Morgan fingerprint density at radius 2 is 2.08 bits per heavy atom. The molecule has 0 amide bonds. The minimum atomic E-state index is -0.574. The van der Waals surface area contributed by atoms with Crippen molar-refractivity contribution in [2.75, 3.05) is 6.61 Å². The molecule has 3 nitrogen and oxygen atoms in total. The maximum absolute atomic E-state index is 11.5. The first-order valence-corrected chi connectivity index (χ1v) is 4.78. The lowest BCUT2D eigenvalue weighted by molar-refractivity contribution is -0.151. The number of ketones is 1. The van der Waals surface area contributed by atoms with E-state index in [1.165, 1.54) is 0 Å². The van der Waals surface area contributed by atoms with Crippen LogP contribution in [0.15, 0.2) is 0 Å². The van der Waals surface area contributed by atoms with Crippen molar-refractivity contribution < 1.29 is 14.3 Å². The summed E-state index contributed by atoms with van der Waals surface area (Å²) in [5.74, 6) is -0.337. The number of rotatable bonds is 4. The third-order valence-electron chi connectivity index (χ3n) is 2.54. The second kappa shape index (κ2) is 3.90. The standard InChI is InChI=1S/C10H16O3/c1-4-13-10(12)7(3)9(11)8-5-6(8)2/h6-8H,4-5H2,1-3H3. The van der Waals surface area contributed by atoms with Gasteiger partial charge in [0.1, 0.15) is 11.7 Å². The van der Waals surface area contributed by atoms with Gasteiger partial charge in [-0.3, -0.25) is 9.59 Å². The summed E-state index contributed by atoms with van der Waals surface area (Å²) in [5, 5.41) is 0. The molecule has 13 heavy (non-hydrogen) atoms. The Labute approximate surface area is 78.5 Å². The van der Waals surface area contributed by atoms with Crippen LogP contribution in [0.3, 0.4) is 0 Å². The summed E-state index contributed by atoms with van der Waals surface area (Å²) < 4.78 is 4.78. The molecule has 0 heterocycles. The summed E-state index contributed by atoms with van der Waals surface area (Å²) in [4.78, 5) is 22.7. The zero-order valence-electron chi connectivity index (χ0n) is 8.37. The maximum atomic E-state index is 11.5. The minimum Gasteiger partial charge on any atom is -0.465 e. The van der Waals surface area contributed by atoms with Gasteiger partial charge in [0, 0.05) is 5.92 Å². The van der Waals surface area contributed by atoms with Crippen LogP contribution < -0.4 is 0 Å². The van der Waals surface area contributed by atoms with E-state index in [2.05, 4.69) is 0 Å². The highest BCUT2D eigenvalue weighted by atomic mass is 16.5. The van der Waals surface area contributed by atoms with Crippen molar-refractivity contribution in [3.8, 4) is 0 Å². The summed E-state index contributed by atoms with van der Waals surface area (Å²) in [7, 11) is 0. The molecule has 0 radical (unpaired) electrons. The molecule has 1 aliphatic carbocycles. The summed E-state index contributed by atoms with van der Waals surface area (Å²) >= 11 is 0. The van der Waals surface area contributed by atoms with Crippen LogP contribution in [0.2, 0.25) is 0 Å². The lowest BCUT2D eigenvalue weighted by Gasteiger charge is -2.08. The van der Waals surface area contributed by atoms with Crippen LogP contribution >= 0.6 is 0 Å². The average Bonchev–Trinajstić information content (AvgIpc) is 2.80. The number of carbonyl (C=O) groups excluding carboxylic acids is 2. The molecule has 74 valence electrons. The summed E-state index contributed by atoms with van der Waals surface area (Å²) in [6.07, 6.45) is 0.933. The molecule has 1 saturated carbocycles. The monoisotopic (exact) mass is 184 g/mol. The van der Waals surface area contributed by atoms with Crippen LogP contribution in [0.5, 0.6) is 0 Å². The Balaban J connectivity index is 2.42. The smallest absolute Gasteiger partial charge is 0.316 e. The molecule has 0 aliphatic heterocycles. The summed E-state index contributed by atoms with van der Waals surface area (Å²) in [6, 6.07) is 0. The van der Waals surface area contributed by atoms with Gasteiger partial charge in [-0.15, -0.1) is 0 Å². The molecular formula is C10H16O3. The van der Waals surface area contributed by atoms with E-state index in [9.17, 15) is 9.59 Å². The molecule has 0 N–H and O–H groups in total. The highest BCUT2D eigenvalue weighted by Crippen LogP contribution is 2.40. The fourth-order valence-corrected chi connectivity index (χ4v) is 1.42. The molecule has 0 aromatic rings. The number of carbonyl (C=O) groups is 2. The van der Waals surface area contributed by atoms with E-state index >= 15 is 0 Å². The number of hydrogen-bond donors (Lipinski definition) is 0. The van der Waals surface area contributed by atoms with Gasteiger partial charge in [-0.25, -0.2) is 0 Å². The van der Waals surface area contributed by atoms with Crippen molar-refractivity contribution in [2.45, 2.75) is 27.2 Å². The largest absolute Gasteiger partial charge is 0.465 e. The van der Waals surface area contributed by atoms with Gasteiger partial charge in [0.15, 0.2) is 0 Å². The molecule has 0 bridgehead atoms. The van der Waals surface area contributed by atoms with E-state index in [0.717, 1.165) is 6.42 Å². The molecule has 3 unspecified atom stereocenters. The molecule has 0 spiro atoms. The Kier molecular flexibility index (Phi) is 3.07. The van der Waals surface area contributed by atoms with Gasteiger partial charge in [0.2, 0.25) is 0 Å². The molecule has 1 aliphatic rings. The maximum Gasteiger partial charge on any atom is 0.316 e. The van der Waals surface area contributed by atoms with Crippen LogP contribution in [0, 0.1) is 17.8 Å². The van der Waals surface area contributed by atoms with Crippen molar-refractivity contribution >= 4 is 11.8 Å². The second-order valence-corrected chi connectivity index (χ2v) is 3.70. The number of ether oxygens (including phenoxy) is 1. The third-order valence-corrected chi connectivity index (χ3v) is 2.54. The molecule has 0 saturated heterocycles. The minimum absolute atomic E-state index is 0.0472. The van der Waals surface area contributed by atoms with E-state index in [0.29, 0.717) is 12.5 Å². The van der Waals surface area contributed by atoms with Gasteiger partial charge in [-0.2, -0.15) is 0 Å². The van der Waals surface area contributed by atoms with Crippen LogP contribution in [0.25, 0.3) is 0 Å². The Hall–Kier alpha value is -0.860. The van der Waals surface area contributed by atoms with Crippen molar-refractivity contribution in [3.63, 3.8) is 0 Å². The van der Waals surface area contributed by atoms with E-state index in [4.69, 9.17) is 4.74 Å². The number of hydrogen-bond acceptors (Lipinski definition) is 3. The Morgan fingerprint density at radius 1 is 1.54 bits per heavy atom. The normalized spacial score (nSPS) is 27.9. The molecule has 0 aromatic heterocycles. The van der Waals surface area contributed by atoms with Gasteiger partial charge in [-0.05, 0) is 26.2 Å². The Bertz CT molecular complexity index is 222. The van der Waals surface area contributed by atoms with Crippen molar-refractivity contribution in [1.82, 2.24) is 0 Å². The lowest BCUT2D eigenvalue weighted by atomic mass is 10.0. The van der Waals surface area contributed by atoms with E-state index in [-0.39, 0.29) is 17.7 Å². The zero-order chi connectivity index (χ0) is 10.0. The Morgan fingerprint density at radius 3 is 2.46 bits per heavy atom. The number of Topliss-reactive ketones (excluding diaryl/α,β-unsaturated/α-hetero) is 1. The molecule has 1 rings (SSSR count). The highest BCUT2D eigenvalue weighted by molar-refractivity contribution is 6.00. The van der Waals surface area contributed by atoms with Crippen LogP contribution in [0.1, 0.15) is 27.2 Å². The predicted molar refractivity (Wildman–Crippen MR) is 48.1 cm³/mol. The van der Waals surface area contributed by atoms with Crippen molar-refractivity contribution in [1.29, 1.82) is 0 Å². The summed E-state index contributed by atoms with van der Waals surface area (Å²) in [6.45, 7) is 5.75. The molecule has 3 heteroatoms. The molecule has 3 atom stereocenters. The van der Waals surface area contributed by atoms with Crippen LogP contribution in [-0.4, -0.2) is 18.4 Å². The van der Waals surface area contributed by atoms with Crippen LogP contribution in [-0.2, 0) is 14.3 Å². The highest BCUT2D eigenvalue weighted by Gasteiger charge is 2.42. The topological polar surface area (TPSA) is 43.4 Å². The molecule has 0 aromatic carbocycles. The van der Waals surface area contributed by atoms with E-state index < -0.39 is 5.92 Å². The summed E-state index contributed by atoms with van der Waals surface area (Å²) in [5.41, 5.74) is 0. The number of esters is 1. The molecule has 1 fully saturated rings.